The Morgan fingerprint density at radius 3 is 2.52 bits per heavy atom. The number of amides is 1. The molecular weight excluding hydrogens is 280 g/mol. The van der Waals surface area contributed by atoms with Gasteiger partial charge >= 0.3 is 5.97 Å². The quantitative estimate of drug-likeness (QED) is 0.896. The number of benzene rings is 1. The highest BCUT2D eigenvalue weighted by Gasteiger charge is 2.40. The standard InChI is InChI=1S/C15H17F2NO3/c1-8-4-10(11(5-8)15(20)21)14(19)18-7-9-2-3-12(16)13(17)6-9/h2-3,6,8,10-11H,4-5,7H2,1H3,(H,18,19)(H,20,21)/t8?,10-,11+/m0/s1. The predicted molar refractivity (Wildman–Crippen MR) is 71.2 cm³/mol. The highest BCUT2D eigenvalue weighted by molar-refractivity contribution is 5.85. The lowest BCUT2D eigenvalue weighted by atomic mass is 9.95. The van der Waals surface area contributed by atoms with Crippen LogP contribution in [0.25, 0.3) is 0 Å². The monoisotopic (exact) mass is 297 g/mol. The molecule has 1 aliphatic carbocycles. The van der Waals surface area contributed by atoms with Gasteiger partial charge in [-0.3, -0.25) is 9.59 Å². The maximum absolute atomic E-state index is 13.1. The molecule has 0 aromatic heterocycles. The topological polar surface area (TPSA) is 66.4 Å². The summed E-state index contributed by atoms with van der Waals surface area (Å²) in [6.45, 7) is 1.96. The van der Waals surface area contributed by atoms with Crippen molar-refractivity contribution in [2.75, 3.05) is 0 Å². The number of carboxylic acids is 1. The number of rotatable bonds is 4. The lowest BCUT2D eigenvalue weighted by molar-refractivity contribution is -0.146. The van der Waals surface area contributed by atoms with Crippen LogP contribution < -0.4 is 5.32 Å². The molecular formula is C15H17F2NO3. The molecule has 1 unspecified atom stereocenters. The van der Waals surface area contributed by atoms with E-state index in [1.165, 1.54) is 6.07 Å². The molecule has 3 atom stereocenters. The smallest absolute Gasteiger partial charge is 0.307 e. The zero-order valence-corrected chi connectivity index (χ0v) is 11.6. The molecule has 0 bridgehead atoms. The van der Waals surface area contributed by atoms with E-state index < -0.39 is 29.4 Å². The number of carboxylic acid groups (broad SMARTS) is 1. The third kappa shape index (κ3) is 3.56. The summed E-state index contributed by atoms with van der Waals surface area (Å²) in [5, 5.41) is 11.7. The predicted octanol–water partition coefficient (Wildman–Crippen LogP) is 2.33. The van der Waals surface area contributed by atoms with Gasteiger partial charge in [-0.1, -0.05) is 13.0 Å². The summed E-state index contributed by atoms with van der Waals surface area (Å²) in [4.78, 5) is 23.2. The first-order valence-electron chi connectivity index (χ1n) is 6.83. The van der Waals surface area contributed by atoms with Gasteiger partial charge in [-0.25, -0.2) is 8.78 Å². The first kappa shape index (κ1) is 15.4. The molecule has 21 heavy (non-hydrogen) atoms. The number of aliphatic carboxylic acids is 1. The fraction of sp³-hybridized carbons (Fsp3) is 0.467. The highest BCUT2D eigenvalue weighted by atomic mass is 19.2. The summed E-state index contributed by atoms with van der Waals surface area (Å²) < 4.78 is 25.9. The van der Waals surface area contributed by atoms with Gasteiger partial charge in [0, 0.05) is 6.54 Å². The van der Waals surface area contributed by atoms with Crippen LogP contribution >= 0.6 is 0 Å². The van der Waals surface area contributed by atoms with Crippen molar-refractivity contribution in [2.45, 2.75) is 26.3 Å². The first-order chi connectivity index (χ1) is 9.88. The van der Waals surface area contributed by atoms with Crippen LogP contribution in [0.1, 0.15) is 25.3 Å². The molecule has 1 aromatic rings. The van der Waals surface area contributed by atoms with Gasteiger partial charge in [-0.05, 0) is 36.5 Å². The van der Waals surface area contributed by atoms with Gasteiger partial charge in [0.15, 0.2) is 11.6 Å². The average molecular weight is 297 g/mol. The van der Waals surface area contributed by atoms with Crippen LogP contribution in [0, 0.1) is 29.4 Å². The molecule has 1 amide bonds. The average Bonchev–Trinajstić information content (AvgIpc) is 2.82. The fourth-order valence-corrected chi connectivity index (χ4v) is 2.82. The van der Waals surface area contributed by atoms with Crippen LogP contribution in [-0.4, -0.2) is 17.0 Å². The maximum atomic E-state index is 13.1. The molecule has 1 saturated carbocycles. The number of hydrogen-bond donors (Lipinski definition) is 2. The van der Waals surface area contributed by atoms with E-state index in [1.807, 2.05) is 6.92 Å². The lowest BCUT2D eigenvalue weighted by Crippen LogP contribution is -2.34. The highest BCUT2D eigenvalue weighted by Crippen LogP contribution is 2.36. The van der Waals surface area contributed by atoms with Gasteiger partial charge in [0.2, 0.25) is 5.91 Å². The third-order valence-electron chi connectivity index (χ3n) is 3.90. The van der Waals surface area contributed by atoms with E-state index in [0.29, 0.717) is 18.4 Å². The lowest BCUT2D eigenvalue weighted by Gasteiger charge is -2.15. The molecule has 0 aliphatic heterocycles. The SMILES string of the molecule is CC1C[C@H](C(=O)NCc2ccc(F)c(F)c2)[C@H](C(=O)O)C1. The van der Waals surface area contributed by atoms with E-state index in [4.69, 9.17) is 5.11 Å². The second-order valence-corrected chi connectivity index (χ2v) is 5.59. The zero-order valence-electron chi connectivity index (χ0n) is 11.6. The number of hydrogen-bond acceptors (Lipinski definition) is 2. The number of carbonyl (C=O) groups excluding carboxylic acids is 1. The Labute approximate surface area is 121 Å². The van der Waals surface area contributed by atoms with Crippen molar-refractivity contribution in [3.05, 3.63) is 35.4 Å². The van der Waals surface area contributed by atoms with Crippen LogP contribution in [0.15, 0.2) is 18.2 Å². The summed E-state index contributed by atoms with van der Waals surface area (Å²) in [5.41, 5.74) is 0.431. The number of carbonyl (C=O) groups is 2. The second-order valence-electron chi connectivity index (χ2n) is 5.59. The minimum Gasteiger partial charge on any atom is -0.481 e. The van der Waals surface area contributed by atoms with Crippen LogP contribution in [0.5, 0.6) is 0 Å². The van der Waals surface area contributed by atoms with E-state index in [1.54, 1.807) is 0 Å². The molecule has 0 spiro atoms. The van der Waals surface area contributed by atoms with Crippen LogP contribution in [0.3, 0.4) is 0 Å². The maximum Gasteiger partial charge on any atom is 0.307 e. The van der Waals surface area contributed by atoms with Crippen molar-refractivity contribution in [2.24, 2.45) is 17.8 Å². The van der Waals surface area contributed by atoms with Crippen LogP contribution in [-0.2, 0) is 16.1 Å². The number of nitrogens with one attached hydrogen (secondary N) is 1. The summed E-state index contributed by atoms with van der Waals surface area (Å²) in [5.74, 6) is -4.29. The van der Waals surface area contributed by atoms with Crippen molar-refractivity contribution >= 4 is 11.9 Å². The molecule has 6 heteroatoms. The normalized spacial score (nSPS) is 24.8. The van der Waals surface area contributed by atoms with Gasteiger partial charge in [-0.15, -0.1) is 0 Å². The van der Waals surface area contributed by atoms with Crippen molar-refractivity contribution in [1.29, 1.82) is 0 Å². The largest absolute Gasteiger partial charge is 0.481 e. The van der Waals surface area contributed by atoms with Crippen molar-refractivity contribution in [1.82, 2.24) is 5.32 Å². The molecule has 0 saturated heterocycles. The van der Waals surface area contributed by atoms with Crippen LogP contribution in [0.4, 0.5) is 8.78 Å². The first-order valence-corrected chi connectivity index (χ1v) is 6.83. The van der Waals surface area contributed by atoms with E-state index in [2.05, 4.69) is 5.32 Å². The van der Waals surface area contributed by atoms with E-state index in [-0.39, 0.29) is 18.4 Å². The molecule has 2 N–H and O–H groups in total. The molecule has 0 heterocycles. The molecule has 114 valence electrons. The molecule has 1 fully saturated rings. The molecule has 1 aliphatic rings. The van der Waals surface area contributed by atoms with Crippen molar-refractivity contribution in [3.63, 3.8) is 0 Å². The van der Waals surface area contributed by atoms with E-state index >= 15 is 0 Å². The minimum absolute atomic E-state index is 0.0489. The van der Waals surface area contributed by atoms with Gasteiger partial charge in [0.1, 0.15) is 0 Å². The summed E-state index contributed by atoms with van der Waals surface area (Å²) in [7, 11) is 0. The Bertz CT molecular complexity index is 562. The molecule has 0 radical (unpaired) electrons. The minimum atomic E-state index is -0.973. The van der Waals surface area contributed by atoms with Crippen molar-refractivity contribution in [3.8, 4) is 0 Å². The van der Waals surface area contributed by atoms with Gasteiger partial charge in [0.05, 0.1) is 11.8 Å². The molecule has 1 aromatic carbocycles. The van der Waals surface area contributed by atoms with Gasteiger partial charge in [0.25, 0.3) is 0 Å². The molecule has 2 rings (SSSR count). The van der Waals surface area contributed by atoms with E-state index in [0.717, 1.165) is 12.1 Å². The Morgan fingerprint density at radius 2 is 1.90 bits per heavy atom. The van der Waals surface area contributed by atoms with Gasteiger partial charge < -0.3 is 10.4 Å². The zero-order chi connectivity index (χ0) is 15.6. The third-order valence-corrected chi connectivity index (χ3v) is 3.90. The Balaban J connectivity index is 1.97. The second kappa shape index (κ2) is 6.20. The Kier molecular flexibility index (Phi) is 4.55. The Hall–Kier alpha value is -1.98. The number of halogens is 2. The van der Waals surface area contributed by atoms with Crippen LogP contribution in [0.2, 0.25) is 0 Å². The molecule has 4 nitrogen and oxygen atoms in total. The van der Waals surface area contributed by atoms with Crippen molar-refractivity contribution < 1.29 is 23.5 Å². The summed E-state index contributed by atoms with van der Waals surface area (Å²) >= 11 is 0. The fourth-order valence-electron chi connectivity index (χ4n) is 2.82. The summed E-state index contributed by atoms with van der Waals surface area (Å²) in [6.07, 6.45) is 1.01. The van der Waals surface area contributed by atoms with Gasteiger partial charge in [-0.2, -0.15) is 0 Å². The summed E-state index contributed by atoms with van der Waals surface area (Å²) in [6, 6.07) is 3.39. The Morgan fingerprint density at radius 1 is 1.24 bits per heavy atom. The van der Waals surface area contributed by atoms with E-state index in [9.17, 15) is 18.4 Å².